The molecule has 2 aromatic carbocycles. The third-order valence-electron chi connectivity index (χ3n) is 4.10. The number of amides is 1. The molecule has 4 nitrogen and oxygen atoms in total. The lowest BCUT2D eigenvalue weighted by atomic mass is 10.1. The highest BCUT2D eigenvalue weighted by atomic mass is 35.5. The summed E-state index contributed by atoms with van der Waals surface area (Å²) in [7, 11) is 0. The molecule has 144 valence electrons. The first-order valence-electron chi connectivity index (χ1n) is 9.47. The van der Waals surface area contributed by atoms with Gasteiger partial charge in [-0.2, -0.15) is 5.10 Å². The summed E-state index contributed by atoms with van der Waals surface area (Å²) in [6.07, 6.45) is 7.87. The van der Waals surface area contributed by atoms with Gasteiger partial charge in [0, 0.05) is 10.6 Å². The van der Waals surface area contributed by atoms with Crippen LogP contribution in [0.4, 0.5) is 0 Å². The van der Waals surface area contributed by atoms with Crippen molar-refractivity contribution < 1.29 is 9.53 Å². The summed E-state index contributed by atoms with van der Waals surface area (Å²) in [5.41, 5.74) is 4.29. The Morgan fingerprint density at radius 1 is 1.07 bits per heavy atom. The number of unbranched alkanes of at least 4 members (excludes halogenated alkanes) is 4. The standard InChI is InChI=1S/C22H27ClN2O2/c1-2-3-4-5-8-15-27-21-10-7-6-9-19(21)17-24-25-22(26)16-18-11-13-20(23)14-12-18/h6-7,9-14,17H,2-5,8,15-16H2,1H3,(H,25,26)/b24-17-. The van der Waals surface area contributed by atoms with Crippen LogP contribution in [0.25, 0.3) is 0 Å². The summed E-state index contributed by atoms with van der Waals surface area (Å²) in [4.78, 5) is 12.0. The molecule has 0 saturated carbocycles. The van der Waals surface area contributed by atoms with Gasteiger partial charge < -0.3 is 4.74 Å². The molecule has 0 aromatic heterocycles. The molecule has 0 spiro atoms. The second-order valence-corrected chi connectivity index (χ2v) is 6.83. The number of para-hydroxylation sites is 1. The SMILES string of the molecule is CCCCCCCOc1ccccc1/C=N\NC(=O)Cc1ccc(Cl)cc1. The van der Waals surface area contributed by atoms with E-state index in [2.05, 4.69) is 17.5 Å². The number of hydrogen-bond acceptors (Lipinski definition) is 3. The number of ether oxygens (including phenoxy) is 1. The van der Waals surface area contributed by atoms with Gasteiger partial charge in [-0.05, 0) is 36.2 Å². The lowest BCUT2D eigenvalue weighted by Crippen LogP contribution is -2.19. The number of nitrogens with zero attached hydrogens (tertiary/aromatic N) is 1. The second-order valence-electron chi connectivity index (χ2n) is 6.40. The summed E-state index contributed by atoms with van der Waals surface area (Å²) < 4.78 is 5.87. The Morgan fingerprint density at radius 3 is 2.59 bits per heavy atom. The zero-order chi connectivity index (χ0) is 19.3. The van der Waals surface area contributed by atoms with E-state index in [0.717, 1.165) is 23.3 Å². The van der Waals surface area contributed by atoms with E-state index in [4.69, 9.17) is 16.3 Å². The van der Waals surface area contributed by atoms with E-state index in [1.807, 2.05) is 36.4 Å². The fraction of sp³-hybridized carbons (Fsp3) is 0.364. The summed E-state index contributed by atoms with van der Waals surface area (Å²) in [6.45, 7) is 2.90. The van der Waals surface area contributed by atoms with E-state index in [9.17, 15) is 4.79 Å². The predicted octanol–water partition coefficient (Wildman–Crippen LogP) is 5.38. The van der Waals surface area contributed by atoms with Crippen LogP contribution in [0.2, 0.25) is 5.02 Å². The monoisotopic (exact) mass is 386 g/mol. The topological polar surface area (TPSA) is 50.7 Å². The van der Waals surface area contributed by atoms with Crippen LogP contribution in [0.1, 0.15) is 50.2 Å². The van der Waals surface area contributed by atoms with Crippen molar-refractivity contribution in [2.75, 3.05) is 6.61 Å². The molecule has 0 aliphatic rings. The molecule has 0 atom stereocenters. The number of rotatable bonds is 11. The van der Waals surface area contributed by atoms with Crippen molar-refractivity contribution in [3.05, 3.63) is 64.7 Å². The van der Waals surface area contributed by atoms with Crippen molar-refractivity contribution >= 4 is 23.7 Å². The normalized spacial score (nSPS) is 10.9. The molecule has 0 aliphatic carbocycles. The van der Waals surface area contributed by atoms with Crippen molar-refractivity contribution in [1.82, 2.24) is 5.43 Å². The van der Waals surface area contributed by atoms with Crippen LogP contribution in [0.15, 0.2) is 53.6 Å². The Balaban J connectivity index is 1.80. The predicted molar refractivity (Wildman–Crippen MR) is 112 cm³/mol. The fourth-order valence-corrected chi connectivity index (χ4v) is 2.73. The molecule has 2 rings (SSSR count). The highest BCUT2D eigenvalue weighted by Crippen LogP contribution is 2.16. The Kier molecular flexibility index (Phi) is 9.42. The fourth-order valence-electron chi connectivity index (χ4n) is 2.61. The van der Waals surface area contributed by atoms with Crippen LogP contribution in [0, 0.1) is 0 Å². The largest absolute Gasteiger partial charge is 0.493 e. The van der Waals surface area contributed by atoms with Crippen LogP contribution >= 0.6 is 11.6 Å². The van der Waals surface area contributed by atoms with E-state index >= 15 is 0 Å². The molecule has 0 aliphatic heterocycles. The number of nitrogens with one attached hydrogen (secondary N) is 1. The number of halogens is 1. The van der Waals surface area contributed by atoms with Crippen LogP contribution in [-0.4, -0.2) is 18.7 Å². The van der Waals surface area contributed by atoms with Gasteiger partial charge in [0.1, 0.15) is 5.75 Å². The van der Waals surface area contributed by atoms with Gasteiger partial charge in [0.2, 0.25) is 5.91 Å². The van der Waals surface area contributed by atoms with Gasteiger partial charge in [0.05, 0.1) is 19.2 Å². The summed E-state index contributed by atoms with van der Waals surface area (Å²) in [5, 5.41) is 4.71. The molecule has 1 amide bonds. The third kappa shape index (κ3) is 8.27. The number of carbonyl (C=O) groups is 1. The van der Waals surface area contributed by atoms with E-state index in [1.165, 1.54) is 25.7 Å². The lowest BCUT2D eigenvalue weighted by Gasteiger charge is -2.08. The molecule has 5 heteroatoms. The first-order chi connectivity index (χ1) is 13.2. The first-order valence-corrected chi connectivity index (χ1v) is 9.85. The minimum atomic E-state index is -0.178. The minimum absolute atomic E-state index is 0.178. The molecule has 0 heterocycles. The van der Waals surface area contributed by atoms with Gasteiger partial charge in [-0.25, -0.2) is 5.43 Å². The van der Waals surface area contributed by atoms with Gasteiger partial charge in [-0.3, -0.25) is 4.79 Å². The van der Waals surface area contributed by atoms with E-state index in [1.54, 1.807) is 18.3 Å². The Bertz CT molecular complexity index is 729. The molecule has 1 N–H and O–H groups in total. The molecule has 0 saturated heterocycles. The van der Waals surface area contributed by atoms with Crippen LogP contribution in [-0.2, 0) is 11.2 Å². The molecular weight excluding hydrogens is 360 g/mol. The molecule has 0 unspecified atom stereocenters. The van der Waals surface area contributed by atoms with Crippen LogP contribution in [0.3, 0.4) is 0 Å². The van der Waals surface area contributed by atoms with E-state index in [0.29, 0.717) is 11.6 Å². The van der Waals surface area contributed by atoms with Crippen LogP contribution < -0.4 is 10.2 Å². The zero-order valence-corrected chi connectivity index (χ0v) is 16.5. The van der Waals surface area contributed by atoms with Crippen molar-refractivity contribution in [3.8, 4) is 5.75 Å². The quantitative estimate of drug-likeness (QED) is 0.320. The maximum Gasteiger partial charge on any atom is 0.244 e. The van der Waals surface area contributed by atoms with Gasteiger partial charge in [0.15, 0.2) is 0 Å². The Morgan fingerprint density at radius 2 is 1.81 bits per heavy atom. The molecular formula is C22H27ClN2O2. The molecule has 0 radical (unpaired) electrons. The van der Waals surface area contributed by atoms with E-state index < -0.39 is 0 Å². The average molecular weight is 387 g/mol. The maximum atomic E-state index is 12.0. The number of hydrogen-bond donors (Lipinski definition) is 1. The van der Waals surface area contributed by atoms with Crippen molar-refractivity contribution in [3.63, 3.8) is 0 Å². The number of benzene rings is 2. The number of hydrazone groups is 1. The summed E-state index contributed by atoms with van der Waals surface area (Å²) >= 11 is 5.85. The number of carbonyl (C=O) groups excluding carboxylic acids is 1. The Labute approximate surface area is 166 Å². The molecule has 0 fully saturated rings. The van der Waals surface area contributed by atoms with Gasteiger partial charge in [0.25, 0.3) is 0 Å². The van der Waals surface area contributed by atoms with Crippen molar-refractivity contribution in [2.45, 2.75) is 45.4 Å². The third-order valence-corrected chi connectivity index (χ3v) is 4.35. The van der Waals surface area contributed by atoms with Crippen LogP contribution in [0.5, 0.6) is 5.75 Å². The first kappa shape index (κ1) is 21.0. The average Bonchev–Trinajstić information content (AvgIpc) is 2.67. The van der Waals surface area contributed by atoms with Gasteiger partial charge >= 0.3 is 0 Å². The van der Waals surface area contributed by atoms with E-state index in [-0.39, 0.29) is 12.3 Å². The Hall–Kier alpha value is -2.33. The highest BCUT2D eigenvalue weighted by Gasteiger charge is 2.03. The van der Waals surface area contributed by atoms with Crippen molar-refractivity contribution in [1.29, 1.82) is 0 Å². The molecule has 27 heavy (non-hydrogen) atoms. The summed E-state index contributed by atoms with van der Waals surface area (Å²) in [6, 6.07) is 14.9. The maximum absolute atomic E-state index is 12.0. The highest BCUT2D eigenvalue weighted by molar-refractivity contribution is 6.30. The lowest BCUT2D eigenvalue weighted by molar-refractivity contribution is -0.120. The minimum Gasteiger partial charge on any atom is -0.493 e. The second kappa shape index (κ2) is 12.1. The molecule has 0 bridgehead atoms. The molecule has 2 aromatic rings. The van der Waals surface area contributed by atoms with Gasteiger partial charge in [-0.15, -0.1) is 0 Å². The smallest absolute Gasteiger partial charge is 0.244 e. The zero-order valence-electron chi connectivity index (χ0n) is 15.8. The van der Waals surface area contributed by atoms with Crippen molar-refractivity contribution in [2.24, 2.45) is 5.10 Å². The van der Waals surface area contributed by atoms with Gasteiger partial charge in [-0.1, -0.05) is 68.5 Å². The summed E-state index contributed by atoms with van der Waals surface area (Å²) in [5.74, 6) is 0.603.